The highest BCUT2D eigenvalue weighted by Gasteiger charge is 2.57. The smallest absolute Gasteiger partial charge is 0.328 e. The number of nitrogens with zero attached hydrogens (tertiary/aromatic N) is 1. The number of carbonyl (C=O) groups excluding carboxylic acids is 1. The van der Waals surface area contributed by atoms with Crippen molar-refractivity contribution in [3.05, 3.63) is 0 Å². The fourth-order valence-corrected chi connectivity index (χ4v) is 4.93. The summed E-state index contributed by atoms with van der Waals surface area (Å²) in [6.07, 6.45) is 5.57. The standard InChI is InChI=1S/C21H35NO6/c1-18(2)11-15(12-19(3,4)22(18)5)28-17(25)20(16(23)24)13-26-21(27-14-20)9-7-6-8-10-21/h15H,6-14H2,1-5H3,(H,23,24). The molecule has 0 amide bonds. The van der Waals surface area contributed by atoms with Crippen LogP contribution in [0, 0.1) is 5.41 Å². The number of piperidine rings is 1. The first kappa shape index (κ1) is 21.5. The molecule has 0 atom stereocenters. The molecule has 1 saturated carbocycles. The molecule has 0 aromatic carbocycles. The lowest BCUT2D eigenvalue weighted by molar-refractivity contribution is -0.310. The lowest BCUT2D eigenvalue weighted by Crippen LogP contribution is -2.62. The largest absolute Gasteiger partial charge is 0.480 e. The minimum atomic E-state index is -1.79. The molecule has 0 aromatic rings. The molecule has 2 saturated heterocycles. The Kier molecular flexibility index (Phi) is 5.58. The first-order valence-corrected chi connectivity index (χ1v) is 10.4. The first-order valence-electron chi connectivity index (χ1n) is 10.4. The minimum Gasteiger partial charge on any atom is -0.480 e. The van der Waals surface area contributed by atoms with Gasteiger partial charge < -0.3 is 19.3 Å². The van der Waals surface area contributed by atoms with E-state index in [1.165, 1.54) is 0 Å². The van der Waals surface area contributed by atoms with Crippen molar-refractivity contribution in [1.82, 2.24) is 4.90 Å². The number of likely N-dealkylation sites (tertiary alicyclic amines) is 1. The number of hydrogen-bond acceptors (Lipinski definition) is 6. The Bertz CT molecular complexity index is 594. The summed E-state index contributed by atoms with van der Waals surface area (Å²) < 4.78 is 17.5. The third kappa shape index (κ3) is 3.81. The van der Waals surface area contributed by atoms with E-state index in [1.54, 1.807) is 0 Å². The molecule has 3 aliphatic rings. The second-order valence-corrected chi connectivity index (χ2v) is 10.1. The molecular formula is C21H35NO6. The van der Waals surface area contributed by atoms with E-state index in [0.29, 0.717) is 12.8 Å². The van der Waals surface area contributed by atoms with E-state index in [9.17, 15) is 14.7 Å². The zero-order valence-corrected chi connectivity index (χ0v) is 17.9. The average Bonchev–Trinajstić information content (AvgIpc) is 2.60. The fourth-order valence-electron chi connectivity index (χ4n) is 4.93. The summed E-state index contributed by atoms with van der Waals surface area (Å²) in [6.45, 7) is 8.06. The molecule has 1 aliphatic carbocycles. The quantitative estimate of drug-likeness (QED) is 0.579. The third-order valence-corrected chi connectivity index (χ3v) is 7.12. The number of carboxylic acids is 1. The van der Waals surface area contributed by atoms with Crippen LogP contribution in [0.15, 0.2) is 0 Å². The second-order valence-electron chi connectivity index (χ2n) is 10.1. The molecule has 160 valence electrons. The summed E-state index contributed by atoms with van der Waals surface area (Å²) in [5.41, 5.74) is -2.11. The van der Waals surface area contributed by atoms with Crippen LogP contribution in [0.25, 0.3) is 0 Å². The van der Waals surface area contributed by atoms with Crippen LogP contribution in [0.5, 0.6) is 0 Å². The Labute approximate surface area is 167 Å². The molecule has 3 rings (SSSR count). The number of hydrogen-bond donors (Lipinski definition) is 1. The third-order valence-electron chi connectivity index (χ3n) is 7.12. The van der Waals surface area contributed by atoms with Crippen LogP contribution in [0.1, 0.15) is 72.6 Å². The monoisotopic (exact) mass is 397 g/mol. The highest BCUT2D eigenvalue weighted by Crippen LogP contribution is 2.42. The number of esters is 1. The Balaban J connectivity index is 1.71. The molecule has 1 N–H and O–H groups in total. The summed E-state index contributed by atoms with van der Waals surface area (Å²) in [6, 6.07) is 0. The van der Waals surface area contributed by atoms with Gasteiger partial charge in [0.25, 0.3) is 0 Å². The van der Waals surface area contributed by atoms with Gasteiger partial charge in [-0.1, -0.05) is 6.42 Å². The molecule has 2 heterocycles. The molecule has 0 aromatic heterocycles. The van der Waals surface area contributed by atoms with Crippen molar-refractivity contribution in [2.75, 3.05) is 20.3 Å². The molecule has 7 nitrogen and oxygen atoms in total. The van der Waals surface area contributed by atoms with Crippen molar-refractivity contribution < 1.29 is 28.9 Å². The molecule has 7 heteroatoms. The topological polar surface area (TPSA) is 85.3 Å². The van der Waals surface area contributed by atoms with Crippen molar-refractivity contribution in [1.29, 1.82) is 0 Å². The number of ether oxygens (including phenoxy) is 3. The van der Waals surface area contributed by atoms with E-state index < -0.39 is 23.1 Å². The Morgan fingerprint density at radius 3 is 1.93 bits per heavy atom. The summed E-state index contributed by atoms with van der Waals surface area (Å²) in [7, 11) is 2.07. The lowest BCUT2D eigenvalue weighted by Gasteiger charge is -2.53. The van der Waals surface area contributed by atoms with Gasteiger partial charge in [0, 0.05) is 36.8 Å². The SMILES string of the molecule is CN1C(C)(C)CC(OC(=O)C2(C(=O)O)COC3(CCCCC3)OC2)CC1(C)C. The second kappa shape index (κ2) is 7.26. The zero-order valence-electron chi connectivity index (χ0n) is 17.9. The van der Waals surface area contributed by atoms with Crippen LogP contribution in [0.2, 0.25) is 0 Å². The molecular weight excluding hydrogens is 362 g/mol. The Hall–Kier alpha value is -1.18. The molecule has 0 bridgehead atoms. The number of rotatable bonds is 3. The number of carbonyl (C=O) groups is 2. The van der Waals surface area contributed by atoms with Crippen molar-refractivity contribution >= 4 is 11.9 Å². The van der Waals surface area contributed by atoms with Crippen molar-refractivity contribution in [3.63, 3.8) is 0 Å². The van der Waals surface area contributed by atoms with E-state index in [-0.39, 0.29) is 30.4 Å². The Morgan fingerprint density at radius 2 is 1.46 bits per heavy atom. The van der Waals surface area contributed by atoms with Gasteiger partial charge in [-0.05, 0) is 47.6 Å². The van der Waals surface area contributed by atoms with Crippen LogP contribution in [-0.4, -0.2) is 65.2 Å². The lowest BCUT2D eigenvalue weighted by atomic mass is 9.78. The van der Waals surface area contributed by atoms with Crippen LogP contribution in [-0.2, 0) is 23.8 Å². The maximum absolute atomic E-state index is 13.0. The highest BCUT2D eigenvalue weighted by atomic mass is 16.7. The summed E-state index contributed by atoms with van der Waals surface area (Å²) >= 11 is 0. The molecule has 1 spiro atoms. The van der Waals surface area contributed by atoms with Crippen LogP contribution in [0.3, 0.4) is 0 Å². The summed E-state index contributed by atoms with van der Waals surface area (Å²) in [4.78, 5) is 27.4. The van der Waals surface area contributed by atoms with Crippen molar-refractivity contribution in [2.45, 2.75) is 95.6 Å². The van der Waals surface area contributed by atoms with E-state index in [4.69, 9.17) is 14.2 Å². The predicted octanol–water partition coefficient (Wildman–Crippen LogP) is 2.96. The molecule has 0 radical (unpaired) electrons. The van der Waals surface area contributed by atoms with Crippen molar-refractivity contribution in [3.8, 4) is 0 Å². The summed E-state index contributed by atoms with van der Waals surface area (Å²) in [5.74, 6) is -2.71. The predicted molar refractivity (Wildman–Crippen MR) is 103 cm³/mol. The van der Waals surface area contributed by atoms with Gasteiger partial charge in [0.1, 0.15) is 6.10 Å². The maximum atomic E-state index is 13.0. The fraction of sp³-hybridized carbons (Fsp3) is 0.905. The normalized spacial score (nSPS) is 29.3. The van der Waals surface area contributed by atoms with Gasteiger partial charge in [0.05, 0.1) is 13.2 Å². The minimum absolute atomic E-state index is 0.158. The van der Waals surface area contributed by atoms with E-state index in [0.717, 1.165) is 32.1 Å². The van der Waals surface area contributed by atoms with E-state index in [2.05, 4.69) is 39.6 Å². The molecule has 0 unspecified atom stereocenters. The van der Waals surface area contributed by atoms with Crippen LogP contribution in [0.4, 0.5) is 0 Å². The van der Waals surface area contributed by atoms with Crippen molar-refractivity contribution in [2.24, 2.45) is 5.41 Å². The maximum Gasteiger partial charge on any atom is 0.328 e. The number of carboxylic acid groups (broad SMARTS) is 1. The molecule has 2 aliphatic heterocycles. The van der Waals surface area contributed by atoms with E-state index >= 15 is 0 Å². The number of aliphatic carboxylic acids is 1. The first-order chi connectivity index (χ1) is 12.9. The van der Waals surface area contributed by atoms with Crippen LogP contribution >= 0.6 is 0 Å². The van der Waals surface area contributed by atoms with Gasteiger partial charge in [-0.25, -0.2) is 0 Å². The average molecular weight is 398 g/mol. The Morgan fingerprint density at radius 1 is 0.964 bits per heavy atom. The van der Waals surface area contributed by atoms with Gasteiger partial charge in [-0.3, -0.25) is 14.5 Å². The molecule has 28 heavy (non-hydrogen) atoms. The van der Waals surface area contributed by atoms with E-state index in [1.807, 2.05) is 0 Å². The zero-order chi connectivity index (χ0) is 20.8. The van der Waals surface area contributed by atoms with Gasteiger partial charge in [-0.15, -0.1) is 0 Å². The van der Waals surface area contributed by atoms with Gasteiger partial charge in [0.15, 0.2) is 5.79 Å². The summed E-state index contributed by atoms with van der Waals surface area (Å²) in [5, 5.41) is 9.85. The molecule has 3 fully saturated rings. The van der Waals surface area contributed by atoms with Gasteiger partial charge >= 0.3 is 11.9 Å². The highest BCUT2D eigenvalue weighted by molar-refractivity contribution is 5.99. The van der Waals surface area contributed by atoms with Gasteiger partial charge in [-0.2, -0.15) is 0 Å². The van der Waals surface area contributed by atoms with Gasteiger partial charge in [0.2, 0.25) is 5.41 Å². The van der Waals surface area contributed by atoms with Crippen LogP contribution < -0.4 is 0 Å².